The van der Waals surface area contributed by atoms with Crippen molar-refractivity contribution in [1.29, 1.82) is 0 Å². The highest BCUT2D eigenvalue weighted by Crippen LogP contribution is 2.14. The van der Waals surface area contributed by atoms with Crippen LogP contribution in [-0.2, 0) is 4.74 Å². The average molecular weight is 194 g/mol. The molecule has 0 aromatic heterocycles. The molecular formula is C12H18O2. The van der Waals surface area contributed by atoms with E-state index in [4.69, 9.17) is 4.74 Å². The zero-order chi connectivity index (χ0) is 10.6. The molecule has 0 aliphatic heterocycles. The molecule has 78 valence electrons. The first-order chi connectivity index (χ1) is 6.59. The highest BCUT2D eigenvalue weighted by molar-refractivity contribution is 5.23. The minimum Gasteiger partial charge on any atom is -0.386 e. The van der Waals surface area contributed by atoms with Crippen molar-refractivity contribution >= 4 is 0 Å². The zero-order valence-electron chi connectivity index (χ0n) is 9.03. The molecule has 1 aromatic carbocycles. The molecule has 0 radical (unpaired) electrons. The molecule has 0 fully saturated rings. The fraction of sp³-hybridized carbons (Fsp3) is 0.500. The monoisotopic (exact) mass is 194 g/mol. The van der Waals surface area contributed by atoms with Crippen molar-refractivity contribution in [2.45, 2.75) is 33.0 Å². The quantitative estimate of drug-likeness (QED) is 0.797. The second-order valence-electron chi connectivity index (χ2n) is 3.81. The predicted molar refractivity (Wildman–Crippen MR) is 57.2 cm³/mol. The van der Waals surface area contributed by atoms with Crippen molar-refractivity contribution in [3.63, 3.8) is 0 Å². The van der Waals surface area contributed by atoms with Crippen LogP contribution in [0.1, 0.15) is 31.1 Å². The van der Waals surface area contributed by atoms with Gasteiger partial charge in [0.05, 0.1) is 12.7 Å². The lowest BCUT2D eigenvalue weighted by atomic mass is 10.1. The Hall–Kier alpha value is -0.860. The Morgan fingerprint density at radius 2 is 1.79 bits per heavy atom. The lowest BCUT2D eigenvalue weighted by Crippen LogP contribution is -2.11. The Kier molecular flexibility index (Phi) is 4.11. The molecule has 1 aromatic rings. The maximum Gasteiger partial charge on any atom is 0.102 e. The minimum absolute atomic E-state index is 0.162. The van der Waals surface area contributed by atoms with Crippen molar-refractivity contribution in [3.05, 3.63) is 35.4 Å². The summed E-state index contributed by atoms with van der Waals surface area (Å²) in [5.74, 6) is 0. The molecule has 0 heterocycles. The smallest absolute Gasteiger partial charge is 0.102 e. The van der Waals surface area contributed by atoms with Gasteiger partial charge < -0.3 is 9.84 Å². The van der Waals surface area contributed by atoms with E-state index in [2.05, 4.69) is 0 Å². The number of ether oxygens (including phenoxy) is 1. The zero-order valence-corrected chi connectivity index (χ0v) is 9.03. The molecule has 0 amide bonds. The molecule has 14 heavy (non-hydrogen) atoms. The lowest BCUT2D eigenvalue weighted by molar-refractivity contribution is 0.00493. The van der Waals surface area contributed by atoms with Crippen LogP contribution in [0.4, 0.5) is 0 Å². The van der Waals surface area contributed by atoms with E-state index >= 15 is 0 Å². The van der Waals surface area contributed by atoms with E-state index < -0.39 is 6.10 Å². The Labute approximate surface area is 85.5 Å². The van der Waals surface area contributed by atoms with Crippen molar-refractivity contribution in [3.8, 4) is 0 Å². The largest absolute Gasteiger partial charge is 0.386 e. The fourth-order valence-corrected chi connectivity index (χ4v) is 1.17. The maximum atomic E-state index is 9.74. The molecule has 0 aliphatic carbocycles. The molecule has 0 saturated carbocycles. The van der Waals surface area contributed by atoms with Gasteiger partial charge in [-0.15, -0.1) is 0 Å². The second-order valence-corrected chi connectivity index (χ2v) is 3.81. The molecule has 1 atom stereocenters. The van der Waals surface area contributed by atoms with Crippen LogP contribution in [-0.4, -0.2) is 17.8 Å². The van der Waals surface area contributed by atoms with Crippen LogP contribution in [0.25, 0.3) is 0 Å². The highest BCUT2D eigenvalue weighted by Gasteiger charge is 2.07. The Bertz CT molecular complexity index is 264. The maximum absolute atomic E-state index is 9.74. The van der Waals surface area contributed by atoms with Crippen LogP contribution in [0, 0.1) is 6.92 Å². The van der Waals surface area contributed by atoms with Crippen molar-refractivity contribution < 1.29 is 9.84 Å². The first-order valence-electron chi connectivity index (χ1n) is 4.96. The number of rotatable bonds is 4. The third kappa shape index (κ3) is 3.48. The van der Waals surface area contributed by atoms with Crippen LogP contribution >= 0.6 is 0 Å². The summed E-state index contributed by atoms with van der Waals surface area (Å²) in [5.41, 5.74) is 2.11. The van der Waals surface area contributed by atoms with E-state index in [9.17, 15) is 5.11 Å². The van der Waals surface area contributed by atoms with Gasteiger partial charge in [0.25, 0.3) is 0 Å². The van der Waals surface area contributed by atoms with Crippen LogP contribution < -0.4 is 0 Å². The number of aryl methyl sites for hydroxylation is 1. The molecule has 2 heteroatoms. The normalized spacial score (nSPS) is 13.2. The number of aliphatic hydroxyl groups is 1. The molecule has 0 spiro atoms. The number of hydrogen-bond donors (Lipinski definition) is 1. The standard InChI is InChI=1S/C12H18O2/c1-9(2)14-8-12(13)11-6-4-10(3)5-7-11/h4-7,9,12-13H,8H2,1-3H3. The summed E-state index contributed by atoms with van der Waals surface area (Å²) in [4.78, 5) is 0. The third-order valence-electron chi connectivity index (χ3n) is 2.05. The minimum atomic E-state index is -0.516. The van der Waals surface area contributed by atoms with Gasteiger partial charge in [0.15, 0.2) is 0 Å². The summed E-state index contributed by atoms with van der Waals surface area (Å²) in [6, 6.07) is 7.86. The van der Waals surface area contributed by atoms with Crippen molar-refractivity contribution in [2.75, 3.05) is 6.61 Å². The Balaban J connectivity index is 2.52. The molecule has 0 aliphatic rings. The van der Waals surface area contributed by atoms with Gasteiger partial charge in [-0.05, 0) is 26.3 Å². The van der Waals surface area contributed by atoms with Gasteiger partial charge in [-0.25, -0.2) is 0 Å². The first kappa shape index (κ1) is 11.2. The van der Waals surface area contributed by atoms with Gasteiger partial charge in [0.2, 0.25) is 0 Å². The molecule has 1 rings (SSSR count). The van der Waals surface area contributed by atoms with Gasteiger partial charge in [-0.2, -0.15) is 0 Å². The van der Waals surface area contributed by atoms with Gasteiger partial charge in [0.1, 0.15) is 6.10 Å². The van der Waals surface area contributed by atoms with Crippen molar-refractivity contribution in [1.82, 2.24) is 0 Å². The number of aliphatic hydroxyl groups excluding tert-OH is 1. The molecule has 1 N–H and O–H groups in total. The summed E-state index contributed by atoms with van der Waals surface area (Å²) in [5, 5.41) is 9.74. The third-order valence-corrected chi connectivity index (χ3v) is 2.05. The first-order valence-corrected chi connectivity index (χ1v) is 4.96. The lowest BCUT2D eigenvalue weighted by Gasteiger charge is -2.13. The molecule has 1 unspecified atom stereocenters. The summed E-state index contributed by atoms with van der Waals surface area (Å²) in [7, 11) is 0. The van der Waals surface area contributed by atoms with Gasteiger partial charge in [-0.1, -0.05) is 29.8 Å². The van der Waals surface area contributed by atoms with Gasteiger partial charge in [0, 0.05) is 0 Å². The van der Waals surface area contributed by atoms with E-state index in [1.807, 2.05) is 45.0 Å². The van der Waals surface area contributed by atoms with Crippen LogP contribution in [0.5, 0.6) is 0 Å². The summed E-state index contributed by atoms with van der Waals surface area (Å²) >= 11 is 0. The molecule has 2 nitrogen and oxygen atoms in total. The molecule has 0 saturated heterocycles. The van der Waals surface area contributed by atoms with Crippen LogP contribution in [0.2, 0.25) is 0 Å². The topological polar surface area (TPSA) is 29.5 Å². The highest BCUT2D eigenvalue weighted by atomic mass is 16.5. The second kappa shape index (κ2) is 5.13. The predicted octanol–water partition coefficient (Wildman–Crippen LogP) is 2.45. The summed E-state index contributed by atoms with van der Waals surface area (Å²) in [6.07, 6.45) is -0.354. The summed E-state index contributed by atoms with van der Waals surface area (Å²) in [6.45, 7) is 6.31. The number of hydrogen-bond acceptors (Lipinski definition) is 2. The molecular weight excluding hydrogens is 176 g/mol. The Morgan fingerprint density at radius 1 is 1.21 bits per heavy atom. The van der Waals surface area contributed by atoms with E-state index in [-0.39, 0.29) is 6.10 Å². The van der Waals surface area contributed by atoms with E-state index in [0.717, 1.165) is 5.56 Å². The average Bonchev–Trinajstić information content (AvgIpc) is 2.15. The Morgan fingerprint density at radius 3 is 2.29 bits per heavy atom. The van der Waals surface area contributed by atoms with E-state index in [1.54, 1.807) is 0 Å². The summed E-state index contributed by atoms with van der Waals surface area (Å²) < 4.78 is 5.34. The fourth-order valence-electron chi connectivity index (χ4n) is 1.17. The van der Waals surface area contributed by atoms with Gasteiger partial charge >= 0.3 is 0 Å². The number of benzene rings is 1. The molecule has 0 bridgehead atoms. The SMILES string of the molecule is Cc1ccc(C(O)COC(C)C)cc1. The van der Waals surface area contributed by atoms with E-state index in [1.165, 1.54) is 5.56 Å². The van der Waals surface area contributed by atoms with E-state index in [0.29, 0.717) is 6.61 Å². The van der Waals surface area contributed by atoms with Crippen LogP contribution in [0.3, 0.4) is 0 Å². The van der Waals surface area contributed by atoms with Crippen LogP contribution in [0.15, 0.2) is 24.3 Å². The van der Waals surface area contributed by atoms with Gasteiger partial charge in [-0.3, -0.25) is 0 Å². The van der Waals surface area contributed by atoms with Crippen molar-refractivity contribution in [2.24, 2.45) is 0 Å².